The highest BCUT2D eigenvalue weighted by molar-refractivity contribution is 7.10. The van der Waals surface area contributed by atoms with E-state index in [1.165, 1.54) is 5.38 Å². The highest BCUT2D eigenvalue weighted by Gasteiger charge is 2.67. The molecule has 1 saturated carbocycles. The number of aryl methyl sites for hydroxylation is 1. The molecule has 1 aliphatic rings. The van der Waals surface area contributed by atoms with E-state index in [-0.39, 0.29) is 17.3 Å². The van der Waals surface area contributed by atoms with Crippen molar-refractivity contribution in [1.82, 2.24) is 4.98 Å². The predicted molar refractivity (Wildman–Crippen MR) is 152 cm³/mol. The zero-order valence-electron chi connectivity index (χ0n) is 20.6. The lowest BCUT2D eigenvalue weighted by Gasteiger charge is -2.12. The molecular weight excluding hydrogens is 561 g/mol. The molecule has 0 radical (unpaired) electrons. The topological polar surface area (TPSA) is 80.0 Å². The van der Waals surface area contributed by atoms with Crippen LogP contribution in [0.1, 0.15) is 48.5 Å². The summed E-state index contributed by atoms with van der Waals surface area (Å²) in [6.07, 6.45) is 0. The third-order valence-corrected chi connectivity index (χ3v) is 7.72. The smallest absolute Gasteiger partial charge is 0.287 e. The quantitative estimate of drug-likeness (QED) is 0.191. The average molecular weight is 588 g/mol. The standard InChI is InChI=1S/C24H21Cl3F2N4OS.C2H6/c1-11-6-13(8-14(30)7-11)19-20(24(19,26)27)21(34)32-15-4-5-16(25)17(9-15)31-12(2)22-33-18(10-35-22)23(3,28)29;1-2/h4-10,19-20,31H,2,30H2,1,3H3,(H,32,34);1-2H3. The molecule has 2 aromatic carbocycles. The van der Waals surface area contributed by atoms with E-state index in [9.17, 15) is 13.6 Å². The lowest BCUT2D eigenvalue weighted by molar-refractivity contribution is -0.117. The SMILES string of the molecule is C=C(Nc1cc(NC(=O)C2C(c3cc(C)cc(N)c3)C2(Cl)Cl)ccc1Cl)c1nc(C(C)(F)F)cs1.CC. The van der Waals surface area contributed by atoms with Gasteiger partial charge in [0.05, 0.1) is 22.3 Å². The number of rotatable bonds is 7. The lowest BCUT2D eigenvalue weighted by Crippen LogP contribution is -2.17. The second-order valence-electron chi connectivity index (χ2n) is 8.52. The number of nitrogens with zero attached hydrogens (tertiary/aromatic N) is 1. The van der Waals surface area contributed by atoms with E-state index in [0.717, 1.165) is 29.4 Å². The van der Waals surface area contributed by atoms with Crippen molar-refractivity contribution in [2.75, 3.05) is 16.4 Å². The van der Waals surface area contributed by atoms with Gasteiger partial charge in [-0.15, -0.1) is 34.5 Å². The van der Waals surface area contributed by atoms with Crippen LogP contribution >= 0.6 is 46.1 Å². The maximum Gasteiger partial charge on any atom is 0.287 e. The fraction of sp³-hybridized carbons (Fsp3) is 0.308. The van der Waals surface area contributed by atoms with Crippen LogP contribution < -0.4 is 16.4 Å². The molecule has 0 bridgehead atoms. The Balaban J connectivity index is 0.00000186. The van der Waals surface area contributed by atoms with E-state index in [1.54, 1.807) is 24.3 Å². The van der Waals surface area contributed by atoms with Crippen molar-refractivity contribution < 1.29 is 13.6 Å². The van der Waals surface area contributed by atoms with Gasteiger partial charge in [0.15, 0.2) is 0 Å². The summed E-state index contributed by atoms with van der Waals surface area (Å²) in [5.41, 5.74) is 9.04. The molecule has 0 saturated heterocycles. The molecule has 198 valence electrons. The van der Waals surface area contributed by atoms with Crippen LogP contribution in [0.5, 0.6) is 0 Å². The molecule has 1 aromatic heterocycles. The number of nitrogens with two attached hydrogens (primary N) is 1. The molecule has 4 N–H and O–H groups in total. The lowest BCUT2D eigenvalue weighted by atomic mass is 10.0. The van der Waals surface area contributed by atoms with Crippen molar-refractivity contribution in [3.8, 4) is 0 Å². The maximum atomic E-state index is 13.5. The van der Waals surface area contributed by atoms with Crippen LogP contribution in [-0.4, -0.2) is 15.2 Å². The van der Waals surface area contributed by atoms with Crippen LogP contribution in [-0.2, 0) is 10.7 Å². The van der Waals surface area contributed by atoms with Gasteiger partial charge >= 0.3 is 0 Å². The van der Waals surface area contributed by atoms with Crippen LogP contribution in [0, 0.1) is 12.8 Å². The normalized spacial score (nSPS) is 17.9. The Morgan fingerprint density at radius 1 is 1.19 bits per heavy atom. The molecule has 11 heteroatoms. The zero-order chi connectivity index (χ0) is 27.7. The van der Waals surface area contributed by atoms with Gasteiger partial charge in [-0.25, -0.2) is 4.98 Å². The summed E-state index contributed by atoms with van der Waals surface area (Å²) in [4.78, 5) is 16.9. The number of anilines is 3. The maximum absolute atomic E-state index is 13.5. The molecule has 0 spiro atoms. The van der Waals surface area contributed by atoms with E-state index in [2.05, 4.69) is 22.2 Å². The number of hydrogen-bond acceptors (Lipinski definition) is 5. The van der Waals surface area contributed by atoms with E-state index >= 15 is 0 Å². The number of nitrogen functional groups attached to an aromatic ring is 1. The van der Waals surface area contributed by atoms with Crippen LogP contribution in [0.15, 0.2) is 48.4 Å². The first-order valence-corrected chi connectivity index (χ1v) is 13.4. The van der Waals surface area contributed by atoms with Crippen molar-refractivity contribution in [2.24, 2.45) is 5.92 Å². The number of carbonyl (C=O) groups is 1. The monoisotopic (exact) mass is 586 g/mol. The van der Waals surface area contributed by atoms with Gasteiger partial charge in [0.1, 0.15) is 15.0 Å². The Morgan fingerprint density at radius 3 is 2.46 bits per heavy atom. The van der Waals surface area contributed by atoms with E-state index in [0.29, 0.717) is 27.1 Å². The van der Waals surface area contributed by atoms with Crippen molar-refractivity contribution >= 4 is 74.8 Å². The number of alkyl halides is 4. The fourth-order valence-corrected chi connectivity index (χ4v) is 5.66. The number of halogens is 5. The molecule has 37 heavy (non-hydrogen) atoms. The molecular formula is C26H27Cl3F2N4OS. The molecule has 2 atom stereocenters. The number of carbonyl (C=O) groups excluding carboxylic acids is 1. The number of benzene rings is 2. The molecule has 3 aromatic rings. The van der Waals surface area contributed by atoms with Gasteiger partial charge in [-0.1, -0.05) is 38.1 Å². The Morgan fingerprint density at radius 2 is 1.86 bits per heavy atom. The van der Waals surface area contributed by atoms with Crippen molar-refractivity contribution in [2.45, 2.75) is 43.9 Å². The first-order chi connectivity index (χ1) is 17.3. The molecule has 1 amide bonds. The molecule has 1 aliphatic carbocycles. The number of hydrogen-bond donors (Lipinski definition) is 3. The third kappa shape index (κ3) is 6.55. The van der Waals surface area contributed by atoms with Crippen LogP contribution in [0.25, 0.3) is 5.70 Å². The summed E-state index contributed by atoms with van der Waals surface area (Å²) in [6.45, 7) is 10.5. The van der Waals surface area contributed by atoms with E-state index < -0.39 is 22.1 Å². The predicted octanol–water partition coefficient (Wildman–Crippen LogP) is 8.43. The highest BCUT2D eigenvalue weighted by Crippen LogP contribution is 2.65. The van der Waals surface area contributed by atoms with Gasteiger partial charge in [0.25, 0.3) is 5.92 Å². The molecule has 1 fully saturated rings. The zero-order valence-corrected chi connectivity index (χ0v) is 23.7. The summed E-state index contributed by atoms with van der Waals surface area (Å²) in [7, 11) is 0. The van der Waals surface area contributed by atoms with Gasteiger partial charge < -0.3 is 16.4 Å². The summed E-state index contributed by atoms with van der Waals surface area (Å²) in [6, 6.07) is 10.3. The van der Waals surface area contributed by atoms with Gasteiger partial charge in [-0.2, -0.15) is 8.78 Å². The van der Waals surface area contributed by atoms with Gasteiger partial charge in [-0.05, 0) is 48.4 Å². The minimum Gasteiger partial charge on any atom is -0.399 e. The summed E-state index contributed by atoms with van der Waals surface area (Å²) in [5.74, 6) is -4.50. The van der Waals surface area contributed by atoms with Crippen LogP contribution in [0.4, 0.5) is 25.8 Å². The van der Waals surface area contributed by atoms with E-state index in [1.807, 2.05) is 32.9 Å². The number of thiazole rings is 1. The minimum absolute atomic E-state index is 0.288. The van der Waals surface area contributed by atoms with Gasteiger partial charge in [0, 0.05) is 29.6 Å². The fourth-order valence-electron chi connectivity index (χ4n) is 3.84. The average Bonchev–Trinajstić information content (AvgIpc) is 3.13. The Kier molecular flexibility index (Phi) is 8.79. The Bertz CT molecular complexity index is 1300. The first kappa shape index (κ1) is 29.2. The molecule has 0 aliphatic heterocycles. The largest absolute Gasteiger partial charge is 0.399 e. The summed E-state index contributed by atoms with van der Waals surface area (Å²) < 4.78 is 25.7. The summed E-state index contributed by atoms with van der Waals surface area (Å²) in [5, 5.41) is 7.69. The Hall–Kier alpha value is -2.39. The number of aromatic nitrogens is 1. The van der Waals surface area contributed by atoms with Crippen LogP contribution in [0.3, 0.4) is 0 Å². The molecule has 4 rings (SSSR count). The molecule has 5 nitrogen and oxygen atoms in total. The van der Waals surface area contributed by atoms with Crippen molar-refractivity contribution in [1.29, 1.82) is 0 Å². The summed E-state index contributed by atoms with van der Waals surface area (Å²) >= 11 is 20.2. The van der Waals surface area contributed by atoms with Crippen molar-refractivity contribution in [3.63, 3.8) is 0 Å². The highest BCUT2D eigenvalue weighted by atomic mass is 35.5. The van der Waals surface area contributed by atoms with Crippen molar-refractivity contribution in [3.05, 3.63) is 75.2 Å². The van der Waals surface area contributed by atoms with Crippen LogP contribution in [0.2, 0.25) is 5.02 Å². The van der Waals surface area contributed by atoms with Gasteiger partial charge in [-0.3, -0.25) is 4.79 Å². The third-order valence-electron chi connectivity index (χ3n) is 5.55. The second-order valence-corrected chi connectivity index (χ2v) is 11.2. The van der Waals surface area contributed by atoms with E-state index in [4.69, 9.17) is 40.5 Å². The number of amides is 1. The second kappa shape index (κ2) is 11.2. The number of nitrogens with one attached hydrogen (secondary N) is 2. The Labute approximate surface area is 234 Å². The molecule has 1 heterocycles. The molecule has 2 unspecified atom stereocenters. The van der Waals surface area contributed by atoms with Gasteiger partial charge in [0.2, 0.25) is 5.91 Å². The minimum atomic E-state index is -3.05. The first-order valence-electron chi connectivity index (χ1n) is 11.4.